The molecule has 0 radical (unpaired) electrons. The van der Waals surface area contributed by atoms with Crippen LogP contribution in [0.3, 0.4) is 0 Å². The molecule has 0 spiro atoms. The van der Waals surface area contributed by atoms with E-state index >= 15 is 0 Å². The fraction of sp³-hybridized carbons (Fsp3) is 0.348. The van der Waals surface area contributed by atoms with Crippen LogP contribution in [0.25, 0.3) is 5.69 Å². The van der Waals surface area contributed by atoms with Crippen molar-refractivity contribution in [2.75, 3.05) is 26.7 Å². The SMILES string of the molecule is Cc1ccccc1[C@@H]1[C@@H]2CN(C(=O)c3ccc(-n4cnnc4)cc3)C[C@@H]2CN1C. The molecule has 0 unspecified atom stereocenters. The summed E-state index contributed by atoms with van der Waals surface area (Å²) in [7, 11) is 2.21. The normalized spacial score (nSPS) is 24.1. The first-order chi connectivity index (χ1) is 14.1. The summed E-state index contributed by atoms with van der Waals surface area (Å²) >= 11 is 0. The Balaban J connectivity index is 1.34. The summed E-state index contributed by atoms with van der Waals surface area (Å²) in [6, 6.07) is 16.7. The highest BCUT2D eigenvalue weighted by Crippen LogP contribution is 2.45. The van der Waals surface area contributed by atoms with Crippen molar-refractivity contribution in [1.82, 2.24) is 24.6 Å². The first-order valence-electron chi connectivity index (χ1n) is 10.1. The van der Waals surface area contributed by atoms with E-state index in [4.69, 9.17) is 0 Å². The zero-order valence-corrected chi connectivity index (χ0v) is 16.8. The van der Waals surface area contributed by atoms with Crippen LogP contribution in [0.4, 0.5) is 0 Å². The molecule has 2 fully saturated rings. The van der Waals surface area contributed by atoms with Crippen LogP contribution in [0, 0.1) is 18.8 Å². The quantitative estimate of drug-likeness (QED) is 0.693. The van der Waals surface area contributed by atoms with E-state index in [2.05, 4.69) is 53.3 Å². The van der Waals surface area contributed by atoms with Gasteiger partial charge in [-0.25, -0.2) is 0 Å². The number of hydrogen-bond donors (Lipinski definition) is 0. The molecule has 5 rings (SSSR count). The highest BCUT2D eigenvalue weighted by molar-refractivity contribution is 5.94. The molecule has 0 N–H and O–H groups in total. The molecule has 3 aromatic rings. The lowest BCUT2D eigenvalue weighted by molar-refractivity contribution is 0.0768. The van der Waals surface area contributed by atoms with Gasteiger partial charge in [0.25, 0.3) is 5.91 Å². The molecule has 0 saturated carbocycles. The van der Waals surface area contributed by atoms with Gasteiger partial charge in [0.1, 0.15) is 12.7 Å². The highest BCUT2D eigenvalue weighted by Gasteiger charge is 2.47. The highest BCUT2D eigenvalue weighted by atomic mass is 16.2. The van der Waals surface area contributed by atoms with E-state index in [9.17, 15) is 4.79 Å². The molecule has 0 aliphatic carbocycles. The van der Waals surface area contributed by atoms with E-state index < -0.39 is 0 Å². The standard InChI is InChI=1S/C23H25N5O/c1-16-5-3-4-6-20(16)22-21-13-27(12-18(21)11-26(22)2)23(29)17-7-9-19(10-8-17)28-14-24-25-15-28/h3-10,14-15,18,21-22H,11-13H2,1-2H3/t18-,21+,22+/m0/s1. The van der Waals surface area contributed by atoms with E-state index in [-0.39, 0.29) is 5.91 Å². The van der Waals surface area contributed by atoms with Crippen molar-refractivity contribution in [1.29, 1.82) is 0 Å². The minimum absolute atomic E-state index is 0.126. The van der Waals surface area contributed by atoms with Crippen molar-refractivity contribution < 1.29 is 4.79 Å². The molecule has 3 atom stereocenters. The molecular formula is C23H25N5O. The van der Waals surface area contributed by atoms with Crippen molar-refractivity contribution in [3.05, 3.63) is 77.9 Å². The Morgan fingerprint density at radius 3 is 2.41 bits per heavy atom. The number of carbonyl (C=O) groups excluding carboxylic acids is 1. The fourth-order valence-electron chi connectivity index (χ4n) is 5.10. The Bertz CT molecular complexity index is 1010. The molecule has 2 saturated heterocycles. The van der Waals surface area contributed by atoms with Gasteiger partial charge >= 0.3 is 0 Å². The van der Waals surface area contributed by atoms with Gasteiger partial charge < -0.3 is 4.90 Å². The van der Waals surface area contributed by atoms with Crippen LogP contribution in [-0.2, 0) is 0 Å². The van der Waals surface area contributed by atoms with Crippen LogP contribution >= 0.6 is 0 Å². The largest absolute Gasteiger partial charge is 0.338 e. The fourth-order valence-corrected chi connectivity index (χ4v) is 5.10. The van der Waals surface area contributed by atoms with E-state index in [0.29, 0.717) is 17.9 Å². The number of aryl methyl sites for hydroxylation is 1. The second kappa shape index (κ2) is 7.12. The molecule has 1 aromatic heterocycles. The zero-order chi connectivity index (χ0) is 20.0. The van der Waals surface area contributed by atoms with Crippen LogP contribution in [0.1, 0.15) is 27.5 Å². The van der Waals surface area contributed by atoms with E-state index in [1.54, 1.807) is 12.7 Å². The topological polar surface area (TPSA) is 54.3 Å². The molecular weight excluding hydrogens is 362 g/mol. The summed E-state index contributed by atoms with van der Waals surface area (Å²) in [6.07, 6.45) is 3.31. The summed E-state index contributed by atoms with van der Waals surface area (Å²) in [6.45, 7) is 4.88. The van der Waals surface area contributed by atoms with E-state index in [1.807, 2.05) is 33.7 Å². The number of rotatable bonds is 3. The van der Waals surface area contributed by atoms with Crippen molar-refractivity contribution >= 4 is 5.91 Å². The number of aromatic nitrogens is 3. The van der Waals surface area contributed by atoms with Crippen molar-refractivity contribution in [3.63, 3.8) is 0 Å². The van der Waals surface area contributed by atoms with Crippen molar-refractivity contribution in [2.24, 2.45) is 11.8 Å². The van der Waals surface area contributed by atoms with Gasteiger partial charge in [-0.3, -0.25) is 14.3 Å². The number of hydrogen-bond acceptors (Lipinski definition) is 4. The van der Waals surface area contributed by atoms with Gasteiger partial charge in [0.05, 0.1) is 0 Å². The maximum Gasteiger partial charge on any atom is 0.253 e. The molecule has 6 heteroatoms. The number of amides is 1. The molecule has 1 amide bonds. The minimum Gasteiger partial charge on any atom is -0.338 e. The number of fused-ring (bicyclic) bond motifs is 1. The number of likely N-dealkylation sites (tertiary alicyclic amines) is 2. The predicted molar refractivity (Wildman–Crippen MR) is 111 cm³/mol. The lowest BCUT2D eigenvalue weighted by atomic mass is 9.88. The summed E-state index contributed by atoms with van der Waals surface area (Å²) in [5.41, 5.74) is 4.42. The minimum atomic E-state index is 0.126. The van der Waals surface area contributed by atoms with E-state index in [1.165, 1.54) is 11.1 Å². The van der Waals surface area contributed by atoms with E-state index in [0.717, 1.165) is 30.9 Å². The van der Waals surface area contributed by atoms with Gasteiger partial charge in [0.15, 0.2) is 0 Å². The van der Waals surface area contributed by atoms with Crippen LogP contribution in [0.2, 0.25) is 0 Å². The molecule has 6 nitrogen and oxygen atoms in total. The Morgan fingerprint density at radius 1 is 0.966 bits per heavy atom. The van der Waals surface area contributed by atoms with Gasteiger partial charge in [-0.1, -0.05) is 24.3 Å². The summed E-state index contributed by atoms with van der Waals surface area (Å²) in [5, 5.41) is 7.66. The average Bonchev–Trinajstić information content (AvgIpc) is 3.45. The zero-order valence-electron chi connectivity index (χ0n) is 16.8. The molecule has 2 aliphatic heterocycles. The second-order valence-electron chi connectivity index (χ2n) is 8.29. The predicted octanol–water partition coefficient (Wildman–Crippen LogP) is 2.95. The maximum absolute atomic E-state index is 13.1. The monoisotopic (exact) mass is 387 g/mol. The summed E-state index contributed by atoms with van der Waals surface area (Å²) < 4.78 is 1.83. The van der Waals surface area contributed by atoms with Crippen molar-refractivity contribution in [2.45, 2.75) is 13.0 Å². The molecule has 148 valence electrons. The van der Waals surface area contributed by atoms with Crippen molar-refractivity contribution in [3.8, 4) is 5.69 Å². The van der Waals surface area contributed by atoms with Crippen LogP contribution in [0.15, 0.2) is 61.2 Å². The third-order valence-corrected chi connectivity index (χ3v) is 6.52. The average molecular weight is 387 g/mol. The Labute approximate surface area is 170 Å². The lowest BCUT2D eigenvalue weighted by Crippen LogP contribution is -2.33. The number of benzene rings is 2. The van der Waals surface area contributed by atoms with Crippen LogP contribution in [-0.4, -0.2) is 57.2 Å². The first kappa shape index (κ1) is 18.1. The molecule has 2 aliphatic rings. The number of nitrogens with zero attached hydrogens (tertiary/aromatic N) is 5. The summed E-state index contributed by atoms with van der Waals surface area (Å²) in [4.78, 5) is 17.7. The van der Waals surface area contributed by atoms with Crippen LogP contribution < -0.4 is 0 Å². The van der Waals surface area contributed by atoms with Gasteiger partial charge in [0, 0.05) is 42.8 Å². The third-order valence-electron chi connectivity index (χ3n) is 6.52. The molecule has 0 bridgehead atoms. The maximum atomic E-state index is 13.1. The first-order valence-corrected chi connectivity index (χ1v) is 10.1. The Hall–Kier alpha value is -2.99. The van der Waals surface area contributed by atoms with Crippen LogP contribution in [0.5, 0.6) is 0 Å². The Kier molecular flexibility index (Phi) is 4.43. The smallest absolute Gasteiger partial charge is 0.253 e. The van der Waals surface area contributed by atoms with Gasteiger partial charge in [-0.15, -0.1) is 10.2 Å². The second-order valence-corrected chi connectivity index (χ2v) is 8.29. The lowest BCUT2D eigenvalue weighted by Gasteiger charge is -2.28. The Morgan fingerprint density at radius 2 is 1.69 bits per heavy atom. The number of carbonyl (C=O) groups is 1. The van der Waals surface area contributed by atoms with Gasteiger partial charge in [-0.05, 0) is 55.3 Å². The summed E-state index contributed by atoms with van der Waals surface area (Å²) in [5.74, 6) is 1.15. The molecule has 3 heterocycles. The third kappa shape index (κ3) is 3.13. The van der Waals surface area contributed by atoms with Gasteiger partial charge in [-0.2, -0.15) is 0 Å². The molecule has 2 aromatic carbocycles. The van der Waals surface area contributed by atoms with Gasteiger partial charge in [0.2, 0.25) is 0 Å². The molecule has 29 heavy (non-hydrogen) atoms.